The molecule has 0 saturated carbocycles. The van der Waals surface area contributed by atoms with Crippen LogP contribution in [-0.2, 0) is 45.4 Å². The molecule has 1 heterocycles. The lowest BCUT2D eigenvalue weighted by Crippen LogP contribution is -2.58. The summed E-state index contributed by atoms with van der Waals surface area (Å²) in [7, 11) is 0. The lowest BCUT2D eigenvalue weighted by Gasteiger charge is -2.40. The Balaban J connectivity index is 1.38. The van der Waals surface area contributed by atoms with Gasteiger partial charge in [0, 0.05) is 0 Å². The number of aliphatic imine (C=N–C) groups is 1. The number of rotatable bonds is 13. The Morgan fingerprint density at radius 1 is 0.500 bits per heavy atom. The van der Waals surface area contributed by atoms with Crippen molar-refractivity contribution in [1.82, 2.24) is 0 Å². The Labute approximate surface area is 236 Å². The molecule has 0 aliphatic carbocycles. The molecule has 2 N–H and O–H groups in total. The Morgan fingerprint density at radius 2 is 0.900 bits per heavy atom. The van der Waals surface area contributed by atoms with Crippen LogP contribution in [0.5, 0.6) is 0 Å². The molecule has 0 bridgehead atoms. The molecule has 0 fully saturated rings. The van der Waals surface area contributed by atoms with Crippen molar-refractivity contribution in [3.05, 3.63) is 144 Å². The van der Waals surface area contributed by atoms with Gasteiger partial charge < -0.3 is 24.7 Å². The summed E-state index contributed by atoms with van der Waals surface area (Å²) >= 11 is 0. The summed E-state index contributed by atoms with van der Waals surface area (Å²) in [5.41, 5.74) is 10.8. The monoisotopic (exact) mass is 536 g/mol. The molecule has 1 aliphatic heterocycles. The summed E-state index contributed by atoms with van der Waals surface area (Å²) in [5.74, 6) is 0.391. The van der Waals surface area contributed by atoms with Gasteiger partial charge in [0.05, 0.1) is 33.0 Å². The third kappa shape index (κ3) is 7.87. The van der Waals surface area contributed by atoms with Crippen molar-refractivity contribution in [3.63, 3.8) is 0 Å². The topological polar surface area (TPSA) is 75.3 Å². The predicted octanol–water partition coefficient (Wildman–Crippen LogP) is 5.70. The molecule has 6 heteroatoms. The fourth-order valence-electron chi connectivity index (χ4n) is 4.76. The van der Waals surface area contributed by atoms with Gasteiger partial charge in [0.15, 0.2) is 0 Å². The maximum Gasteiger partial charge on any atom is 0.143 e. The van der Waals surface area contributed by atoms with E-state index in [2.05, 4.69) is 0 Å². The van der Waals surface area contributed by atoms with Crippen LogP contribution in [0.3, 0.4) is 0 Å². The normalized spacial score (nSPS) is 20.6. The third-order valence-electron chi connectivity index (χ3n) is 6.85. The second-order valence-corrected chi connectivity index (χ2v) is 9.86. The average molecular weight is 537 g/mol. The average Bonchev–Trinajstić information content (AvgIpc) is 3.01. The summed E-state index contributed by atoms with van der Waals surface area (Å²) in [6, 6.07) is 39.9. The van der Waals surface area contributed by atoms with E-state index in [4.69, 9.17) is 29.7 Å². The van der Waals surface area contributed by atoms with Crippen molar-refractivity contribution in [2.75, 3.05) is 6.61 Å². The van der Waals surface area contributed by atoms with Crippen molar-refractivity contribution in [3.8, 4) is 0 Å². The number of benzene rings is 4. The van der Waals surface area contributed by atoms with Gasteiger partial charge in [0.25, 0.3) is 0 Å². The largest absolute Gasteiger partial charge is 0.385 e. The van der Waals surface area contributed by atoms with Gasteiger partial charge >= 0.3 is 0 Å². The second-order valence-electron chi connectivity index (χ2n) is 9.86. The molecular formula is C34H36N2O4. The first-order valence-electron chi connectivity index (χ1n) is 13.7. The Hall–Kier alpha value is -3.81. The van der Waals surface area contributed by atoms with E-state index in [9.17, 15) is 0 Å². The molecule has 0 saturated heterocycles. The molecule has 0 aromatic heterocycles. The zero-order valence-electron chi connectivity index (χ0n) is 22.5. The quantitative estimate of drug-likeness (QED) is 0.237. The van der Waals surface area contributed by atoms with E-state index in [0.717, 1.165) is 22.3 Å². The molecule has 4 aromatic rings. The van der Waals surface area contributed by atoms with Gasteiger partial charge in [-0.05, 0) is 22.3 Å². The number of nitrogens with two attached hydrogens (primary N) is 1. The molecule has 0 radical (unpaired) electrons. The van der Waals surface area contributed by atoms with E-state index in [-0.39, 0.29) is 6.04 Å². The molecule has 0 spiro atoms. The summed E-state index contributed by atoms with van der Waals surface area (Å²) in [5, 5.41) is 0. The third-order valence-corrected chi connectivity index (χ3v) is 6.85. The van der Waals surface area contributed by atoms with Crippen LogP contribution in [0.1, 0.15) is 22.3 Å². The summed E-state index contributed by atoms with van der Waals surface area (Å²) in [6.45, 7) is 2.00. The van der Waals surface area contributed by atoms with Crippen LogP contribution in [-0.4, -0.2) is 36.8 Å². The number of hydrogen-bond acceptors (Lipinski definition) is 6. The highest BCUT2D eigenvalue weighted by atomic mass is 16.6. The van der Waals surface area contributed by atoms with Gasteiger partial charge in [-0.15, -0.1) is 0 Å². The lowest BCUT2D eigenvalue weighted by molar-refractivity contribution is -0.150. The SMILES string of the molecule is NC1=N[C@H](COCc2ccccc2)[C@@H](OCc2ccccc2)[C@H](OCc2ccccc2)[C@@H]1OCc1ccccc1. The van der Waals surface area contributed by atoms with Crippen LogP contribution < -0.4 is 5.73 Å². The van der Waals surface area contributed by atoms with Gasteiger partial charge in [-0.1, -0.05) is 121 Å². The Morgan fingerprint density at radius 3 is 1.38 bits per heavy atom. The molecular weight excluding hydrogens is 500 g/mol. The van der Waals surface area contributed by atoms with Crippen LogP contribution >= 0.6 is 0 Å². The summed E-state index contributed by atoms with van der Waals surface area (Å²) < 4.78 is 25.7. The number of amidine groups is 1. The predicted molar refractivity (Wildman–Crippen MR) is 157 cm³/mol. The Kier molecular flexibility index (Phi) is 10.1. The maximum atomic E-state index is 6.58. The molecule has 4 atom stereocenters. The van der Waals surface area contributed by atoms with Crippen LogP contribution in [0.25, 0.3) is 0 Å². The van der Waals surface area contributed by atoms with Gasteiger partial charge in [-0.3, -0.25) is 4.99 Å². The van der Waals surface area contributed by atoms with Crippen molar-refractivity contribution in [1.29, 1.82) is 0 Å². The highest BCUT2D eigenvalue weighted by molar-refractivity contribution is 5.86. The number of ether oxygens (including phenoxy) is 4. The molecule has 4 aromatic carbocycles. The summed E-state index contributed by atoms with van der Waals surface area (Å²) in [6.07, 6.45) is -1.50. The van der Waals surface area contributed by atoms with Crippen LogP contribution in [0.2, 0.25) is 0 Å². The minimum atomic E-state index is -0.574. The number of hydrogen-bond donors (Lipinski definition) is 1. The van der Waals surface area contributed by atoms with Crippen molar-refractivity contribution in [2.24, 2.45) is 10.7 Å². The molecule has 6 nitrogen and oxygen atoms in total. The minimum Gasteiger partial charge on any atom is -0.385 e. The smallest absolute Gasteiger partial charge is 0.143 e. The Bertz CT molecular complexity index is 1300. The number of nitrogens with zero attached hydrogens (tertiary/aromatic N) is 1. The van der Waals surface area contributed by atoms with Gasteiger partial charge in [-0.2, -0.15) is 0 Å². The van der Waals surface area contributed by atoms with Crippen LogP contribution in [0.15, 0.2) is 126 Å². The fourth-order valence-corrected chi connectivity index (χ4v) is 4.76. The van der Waals surface area contributed by atoms with E-state index in [1.165, 1.54) is 0 Å². The zero-order chi connectivity index (χ0) is 27.4. The van der Waals surface area contributed by atoms with Gasteiger partial charge in [0.1, 0.15) is 30.2 Å². The van der Waals surface area contributed by atoms with Crippen LogP contribution in [0, 0.1) is 0 Å². The van der Waals surface area contributed by atoms with Crippen molar-refractivity contribution < 1.29 is 18.9 Å². The summed E-state index contributed by atoms with van der Waals surface area (Å²) in [4.78, 5) is 4.85. The van der Waals surface area contributed by atoms with E-state index < -0.39 is 18.3 Å². The fraction of sp³-hybridized carbons (Fsp3) is 0.265. The van der Waals surface area contributed by atoms with E-state index >= 15 is 0 Å². The zero-order valence-corrected chi connectivity index (χ0v) is 22.5. The maximum absolute atomic E-state index is 6.58. The van der Waals surface area contributed by atoms with E-state index in [1.54, 1.807) is 0 Å². The van der Waals surface area contributed by atoms with E-state index in [0.29, 0.717) is 38.9 Å². The molecule has 5 rings (SSSR count). The van der Waals surface area contributed by atoms with E-state index in [1.807, 2.05) is 121 Å². The molecule has 206 valence electrons. The molecule has 0 amide bonds. The minimum absolute atomic E-state index is 0.339. The highest BCUT2D eigenvalue weighted by Gasteiger charge is 2.43. The molecule has 0 unspecified atom stereocenters. The molecule has 1 aliphatic rings. The standard InChI is InChI=1S/C34H36N2O4/c35-34-33(40-24-29-19-11-4-12-20-29)32(39-23-28-17-9-3-10-18-28)31(38-22-27-15-7-2-8-16-27)30(36-34)25-37-21-26-13-5-1-6-14-26/h1-20,30-33H,21-25H2,(H2,35,36)/t30-,31-,32+,33+/m1/s1. The van der Waals surface area contributed by atoms with Crippen molar-refractivity contribution >= 4 is 5.84 Å². The van der Waals surface area contributed by atoms with Gasteiger partial charge in [-0.25, -0.2) is 0 Å². The first-order chi connectivity index (χ1) is 19.8. The first kappa shape index (κ1) is 27.7. The second kappa shape index (κ2) is 14.5. The molecule has 40 heavy (non-hydrogen) atoms. The first-order valence-corrected chi connectivity index (χ1v) is 13.7. The van der Waals surface area contributed by atoms with Gasteiger partial charge in [0.2, 0.25) is 0 Å². The van der Waals surface area contributed by atoms with Crippen molar-refractivity contribution in [2.45, 2.75) is 50.8 Å². The highest BCUT2D eigenvalue weighted by Crippen LogP contribution is 2.26. The lowest BCUT2D eigenvalue weighted by atomic mass is 9.96. The van der Waals surface area contributed by atoms with Crippen LogP contribution in [0.4, 0.5) is 0 Å².